The molecule has 9 heteroatoms. The van der Waals surface area contributed by atoms with E-state index in [2.05, 4.69) is 10.3 Å². The molecule has 0 aliphatic rings. The van der Waals surface area contributed by atoms with E-state index in [9.17, 15) is 4.79 Å². The second-order valence-electron chi connectivity index (χ2n) is 4.95. The highest BCUT2D eigenvalue weighted by atomic mass is 35.5. The molecule has 2 aromatic carbocycles. The molecule has 0 unspecified atom stereocenters. The predicted molar refractivity (Wildman–Crippen MR) is 108 cm³/mol. The Hall–Kier alpha value is -1.18. The van der Waals surface area contributed by atoms with Gasteiger partial charge in [-0.2, -0.15) is 4.98 Å². The molecule has 25 heavy (non-hydrogen) atoms. The van der Waals surface area contributed by atoms with Gasteiger partial charge in [0.25, 0.3) is 0 Å². The van der Waals surface area contributed by atoms with Crippen LogP contribution in [0.1, 0.15) is 0 Å². The van der Waals surface area contributed by atoms with E-state index < -0.39 is 0 Å². The summed E-state index contributed by atoms with van der Waals surface area (Å²) in [4.78, 5) is 17.1. The Morgan fingerprint density at radius 1 is 1.08 bits per heavy atom. The van der Waals surface area contributed by atoms with E-state index >= 15 is 0 Å². The summed E-state index contributed by atoms with van der Waals surface area (Å²) < 4.78 is 1.61. The SMILES string of the molecule is O=c1nc(Nc2ccc(Cl)c(Cl)c2)sn1CCSc1ccc(Cl)cc1. The van der Waals surface area contributed by atoms with Crippen LogP contribution >= 0.6 is 58.1 Å². The Morgan fingerprint density at radius 3 is 2.56 bits per heavy atom. The second kappa shape index (κ2) is 8.47. The maximum Gasteiger partial charge on any atom is 0.359 e. The van der Waals surface area contributed by atoms with E-state index in [1.54, 1.807) is 33.9 Å². The van der Waals surface area contributed by atoms with Gasteiger partial charge in [-0.25, -0.2) is 8.75 Å². The standard InChI is InChI=1S/C16H12Cl3N3OS2/c17-10-1-4-12(5-2-10)24-8-7-22-16(23)21-15(25-22)20-11-3-6-13(18)14(19)9-11/h1-6,9H,7-8H2,(H,20,21,23). The van der Waals surface area contributed by atoms with E-state index in [0.717, 1.165) is 16.3 Å². The highest BCUT2D eigenvalue weighted by Gasteiger charge is 2.08. The van der Waals surface area contributed by atoms with Crippen LogP contribution in [0.25, 0.3) is 0 Å². The van der Waals surface area contributed by atoms with E-state index in [-0.39, 0.29) is 5.69 Å². The number of hydrogen-bond acceptors (Lipinski definition) is 5. The molecule has 130 valence electrons. The molecule has 0 bridgehead atoms. The maximum atomic E-state index is 12.0. The summed E-state index contributed by atoms with van der Waals surface area (Å²) in [6.45, 7) is 0.576. The molecule has 3 rings (SSSR count). The minimum atomic E-state index is -0.274. The van der Waals surface area contributed by atoms with Crippen LogP contribution in [-0.4, -0.2) is 14.7 Å². The van der Waals surface area contributed by atoms with Gasteiger partial charge >= 0.3 is 5.69 Å². The van der Waals surface area contributed by atoms with Gasteiger partial charge < -0.3 is 5.32 Å². The van der Waals surface area contributed by atoms with Crippen molar-refractivity contribution in [1.82, 2.24) is 8.94 Å². The lowest BCUT2D eigenvalue weighted by atomic mass is 10.3. The molecule has 0 aliphatic carbocycles. The molecule has 0 radical (unpaired) electrons. The fraction of sp³-hybridized carbons (Fsp3) is 0.125. The van der Waals surface area contributed by atoms with Crippen LogP contribution < -0.4 is 11.0 Å². The topological polar surface area (TPSA) is 46.9 Å². The zero-order valence-electron chi connectivity index (χ0n) is 12.7. The van der Waals surface area contributed by atoms with Crippen LogP contribution in [0.2, 0.25) is 15.1 Å². The van der Waals surface area contributed by atoms with Crippen molar-refractivity contribution in [2.24, 2.45) is 0 Å². The normalized spacial score (nSPS) is 10.8. The number of rotatable bonds is 6. The van der Waals surface area contributed by atoms with Crippen LogP contribution in [0.15, 0.2) is 52.2 Å². The molecule has 1 N–H and O–H groups in total. The van der Waals surface area contributed by atoms with Gasteiger partial charge in [0, 0.05) is 27.9 Å². The minimum Gasteiger partial charge on any atom is -0.330 e. The van der Waals surface area contributed by atoms with Gasteiger partial charge in [0.2, 0.25) is 5.13 Å². The molecule has 0 saturated carbocycles. The molecule has 0 fully saturated rings. The first kappa shape index (κ1) is 18.6. The van der Waals surface area contributed by atoms with Crippen molar-refractivity contribution >= 4 is 68.9 Å². The predicted octanol–water partition coefficient (Wildman–Crippen LogP) is 5.80. The fourth-order valence-corrected chi connectivity index (χ4v) is 4.14. The van der Waals surface area contributed by atoms with Crippen LogP contribution in [0.4, 0.5) is 10.8 Å². The van der Waals surface area contributed by atoms with Gasteiger partial charge in [-0.3, -0.25) is 0 Å². The third-order valence-electron chi connectivity index (χ3n) is 3.15. The number of aromatic nitrogens is 2. The lowest BCUT2D eigenvalue weighted by Crippen LogP contribution is -2.16. The second-order valence-corrected chi connectivity index (χ2v) is 8.38. The van der Waals surface area contributed by atoms with Gasteiger partial charge in [-0.15, -0.1) is 11.8 Å². The summed E-state index contributed by atoms with van der Waals surface area (Å²) in [6, 6.07) is 12.8. The summed E-state index contributed by atoms with van der Waals surface area (Å²) in [5.74, 6) is 0.760. The van der Waals surface area contributed by atoms with Crippen molar-refractivity contribution in [1.29, 1.82) is 0 Å². The van der Waals surface area contributed by atoms with Gasteiger partial charge in [0.05, 0.1) is 10.0 Å². The molecule has 0 saturated heterocycles. The van der Waals surface area contributed by atoms with E-state index in [4.69, 9.17) is 34.8 Å². The number of nitrogens with one attached hydrogen (secondary N) is 1. The van der Waals surface area contributed by atoms with Gasteiger partial charge in [0.15, 0.2) is 0 Å². The fourth-order valence-electron chi connectivity index (χ4n) is 1.97. The van der Waals surface area contributed by atoms with Gasteiger partial charge in [-0.05, 0) is 54.0 Å². The third-order valence-corrected chi connectivity index (χ3v) is 6.06. The number of thioether (sulfide) groups is 1. The zero-order chi connectivity index (χ0) is 17.8. The summed E-state index contributed by atoms with van der Waals surface area (Å²) in [7, 11) is 0. The molecule has 0 atom stereocenters. The van der Waals surface area contributed by atoms with Crippen molar-refractivity contribution in [3.63, 3.8) is 0 Å². The van der Waals surface area contributed by atoms with Crippen LogP contribution in [-0.2, 0) is 6.54 Å². The summed E-state index contributed by atoms with van der Waals surface area (Å²) in [6.07, 6.45) is 0. The number of aryl methyl sites for hydroxylation is 1. The minimum absolute atomic E-state index is 0.274. The molecular weight excluding hydrogens is 421 g/mol. The number of nitrogens with zero attached hydrogens (tertiary/aromatic N) is 2. The molecule has 0 amide bonds. The Morgan fingerprint density at radius 2 is 1.84 bits per heavy atom. The van der Waals surface area contributed by atoms with E-state index in [1.165, 1.54) is 11.5 Å². The molecule has 4 nitrogen and oxygen atoms in total. The first-order valence-corrected chi connectivity index (χ1v) is 10.1. The van der Waals surface area contributed by atoms with Crippen LogP contribution in [0.3, 0.4) is 0 Å². The zero-order valence-corrected chi connectivity index (χ0v) is 16.6. The van der Waals surface area contributed by atoms with E-state index in [1.807, 2.05) is 24.3 Å². The number of benzene rings is 2. The average Bonchev–Trinajstić information content (AvgIpc) is 2.92. The van der Waals surface area contributed by atoms with Crippen molar-refractivity contribution in [2.45, 2.75) is 11.4 Å². The first-order valence-electron chi connectivity index (χ1n) is 7.20. The van der Waals surface area contributed by atoms with Crippen molar-refractivity contribution < 1.29 is 0 Å². The third kappa shape index (κ3) is 5.15. The molecular formula is C16H12Cl3N3OS2. The highest BCUT2D eigenvalue weighted by molar-refractivity contribution is 7.99. The maximum absolute atomic E-state index is 12.0. The number of hydrogen-bond donors (Lipinski definition) is 1. The lowest BCUT2D eigenvalue weighted by molar-refractivity contribution is 0.797. The molecule has 0 aliphatic heterocycles. The van der Waals surface area contributed by atoms with Crippen LogP contribution in [0, 0.1) is 0 Å². The summed E-state index contributed by atoms with van der Waals surface area (Å²) in [5, 5.41) is 5.21. The lowest BCUT2D eigenvalue weighted by Gasteiger charge is -2.03. The molecule has 3 aromatic rings. The number of anilines is 2. The Balaban J connectivity index is 1.61. The quantitative estimate of drug-likeness (QED) is 0.500. The van der Waals surface area contributed by atoms with Crippen molar-refractivity contribution in [3.05, 3.63) is 68.0 Å². The summed E-state index contributed by atoms with van der Waals surface area (Å²) in [5.41, 5.74) is 0.454. The van der Waals surface area contributed by atoms with Crippen molar-refractivity contribution in [2.75, 3.05) is 11.1 Å². The average molecular weight is 433 g/mol. The smallest absolute Gasteiger partial charge is 0.330 e. The van der Waals surface area contributed by atoms with Crippen LogP contribution in [0.5, 0.6) is 0 Å². The molecule has 0 spiro atoms. The van der Waals surface area contributed by atoms with Gasteiger partial charge in [-0.1, -0.05) is 34.8 Å². The Labute approximate surface area is 167 Å². The number of halogens is 3. The Bertz CT molecular complexity index is 925. The summed E-state index contributed by atoms with van der Waals surface area (Å²) >= 11 is 20.7. The Kier molecular flexibility index (Phi) is 6.30. The van der Waals surface area contributed by atoms with Gasteiger partial charge in [0.1, 0.15) is 0 Å². The molecule has 1 aromatic heterocycles. The highest BCUT2D eigenvalue weighted by Crippen LogP contribution is 2.27. The first-order chi connectivity index (χ1) is 12.0. The molecule has 1 heterocycles. The van der Waals surface area contributed by atoms with Crippen molar-refractivity contribution in [3.8, 4) is 0 Å². The largest absolute Gasteiger partial charge is 0.359 e. The van der Waals surface area contributed by atoms with E-state index in [0.29, 0.717) is 26.7 Å². The monoisotopic (exact) mass is 431 g/mol.